The van der Waals surface area contributed by atoms with Crippen molar-refractivity contribution in [1.82, 2.24) is 9.80 Å². The van der Waals surface area contributed by atoms with Gasteiger partial charge in [0.2, 0.25) is 0 Å². The van der Waals surface area contributed by atoms with Gasteiger partial charge >= 0.3 is 0 Å². The first-order valence-corrected chi connectivity index (χ1v) is 10.1. The zero-order valence-electron chi connectivity index (χ0n) is 12.2. The number of rotatable bonds is 5. The Kier molecular flexibility index (Phi) is 5.32. The van der Waals surface area contributed by atoms with Crippen LogP contribution in [0.1, 0.15) is 26.7 Å². The number of nitrogens with zero attached hydrogens (tertiary/aromatic N) is 2. The van der Waals surface area contributed by atoms with Gasteiger partial charge in [-0.1, -0.05) is 30.9 Å². The van der Waals surface area contributed by atoms with Crippen LogP contribution in [-0.4, -0.2) is 59.1 Å². The smallest absolute Gasteiger partial charge is 0.267 e. The molecular formula is C13H20N2O3S3. The fourth-order valence-corrected chi connectivity index (χ4v) is 5.59. The van der Waals surface area contributed by atoms with Gasteiger partial charge in [0, 0.05) is 25.3 Å². The summed E-state index contributed by atoms with van der Waals surface area (Å²) in [7, 11) is -2.93. The maximum absolute atomic E-state index is 12.3. The van der Waals surface area contributed by atoms with Crippen molar-refractivity contribution >= 4 is 44.0 Å². The molecule has 2 fully saturated rings. The van der Waals surface area contributed by atoms with Gasteiger partial charge in [0.15, 0.2) is 9.84 Å². The molecule has 0 spiro atoms. The van der Waals surface area contributed by atoms with Crippen molar-refractivity contribution in [3.63, 3.8) is 0 Å². The van der Waals surface area contributed by atoms with Gasteiger partial charge in [0.1, 0.15) is 4.32 Å². The summed E-state index contributed by atoms with van der Waals surface area (Å²) < 4.78 is 23.8. The van der Waals surface area contributed by atoms with Crippen molar-refractivity contribution in [2.24, 2.45) is 0 Å². The van der Waals surface area contributed by atoms with Crippen LogP contribution in [0, 0.1) is 0 Å². The Bertz CT molecular complexity index is 571. The molecule has 0 aromatic heterocycles. The lowest BCUT2D eigenvalue weighted by molar-refractivity contribution is -0.122. The Morgan fingerprint density at radius 1 is 1.48 bits per heavy atom. The van der Waals surface area contributed by atoms with Gasteiger partial charge < -0.3 is 4.90 Å². The number of hydrogen-bond donors (Lipinski definition) is 0. The largest absolute Gasteiger partial charge is 0.373 e. The Balaban J connectivity index is 2.14. The SMILES string of the molecule is CCCN1C(=O)/C(=C/N(CC)C2CCS(=O)(=O)C2)SC1=S. The molecule has 1 atom stereocenters. The maximum atomic E-state index is 12.3. The molecule has 1 amide bonds. The molecule has 0 saturated carbocycles. The third-order valence-corrected chi connectivity index (χ3v) is 6.76. The van der Waals surface area contributed by atoms with E-state index in [9.17, 15) is 13.2 Å². The quantitative estimate of drug-likeness (QED) is 0.556. The minimum Gasteiger partial charge on any atom is -0.373 e. The molecule has 0 bridgehead atoms. The van der Waals surface area contributed by atoms with Crippen molar-refractivity contribution in [3.8, 4) is 0 Å². The molecule has 2 heterocycles. The van der Waals surface area contributed by atoms with Crippen molar-refractivity contribution in [3.05, 3.63) is 11.1 Å². The van der Waals surface area contributed by atoms with Crippen LogP contribution in [0.25, 0.3) is 0 Å². The fourth-order valence-electron chi connectivity index (χ4n) is 2.55. The van der Waals surface area contributed by atoms with Crippen molar-refractivity contribution in [2.45, 2.75) is 32.7 Å². The maximum Gasteiger partial charge on any atom is 0.267 e. The summed E-state index contributed by atoms with van der Waals surface area (Å²) in [6.45, 7) is 5.28. The Morgan fingerprint density at radius 3 is 2.71 bits per heavy atom. The predicted octanol–water partition coefficient (Wildman–Crippen LogP) is 1.61. The molecule has 0 radical (unpaired) electrons. The number of hydrogen-bond acceptors (Lipinski definition) is 6. The normalized spacial score (nSPS) is 26.9. The molecule has 0 aromatic carbocycles. The molecule has 2 aliphatic rings. The topological polar surface area (TPSA) is 57.7 Å². The van der Waals surface area contributed by atoms with Gasteiger partial charge in [0.05, 0.1) is 16.4 Å². The summed E-state index contributed by atoms with van der Waals surface area (Å²) in [6, 6.07) is -0.0327. The van der Waals surface area contributed by atoms with E-state index in [2.05, 4.69) is 0 Å². The van der Waals surface area contributed by atoms with Crippen LogP contribution in [0.15, 0.2) is 11.1 Å². The van der Waals surface area contributed by atoms with Crippen LogP contribution in [0.4, 0.5) is 0 Å². The summed E-state index contributed by atoms with van der Waals surface area (Å²) in [5, 5.41) is 0. The molecule has 118 valence electrons. The zero-order chi connectivity index (χ0) is 15.6. The molecule has 8 heteroatoms. The Hall–Kier alpha value is -0.600. The van der Waals surface area contributed by atoms with E-state index in [4.69, 9.17) is 12.2 Å². The van der Waals surface area contributed by atoms with Gasteiger partial charge in [-0.2, -0.15) is 0 Å². The lowest BCUT2D eigenvalue weighted by atomic mass is 10.2. The van der Waals surface area contributed by atoms with Crippen LogP contribution in [0.2, 0.25) is 0 Å². The minimum absolute atomic E-state index is 0.0327. The molecule has 1 unspecified atom stereocenters. The number of amides is 1. The van der Waals surface area contributed by atoms with Gasteiger partial charge in [-0.15, -0.1) is 0 Å². The first-order valence-electron chi connectivity index (χ1n) is 7.09. The molecule has 5 nitrogen and oxygen atoms in total. The first-order chi connectivity index (χ1) is 9.88. The standard InChI is InChI=1S/C13H20N2O3S3/c1-3-6-15-12(16)11(20-13(15)19)8-14(4-2)10-5-7-21(17,18)9-10/h8,10H,3-7,9H2,1-2H3/b11-8-. The summed E-state index contributed by atoms with van der Waals surface area (Å²) in [4.78, 5) is 16.5. The predicted molar refractivity (Wildman–Crippen MR) is 89.7 cm³/mol. The highest BCUT2D eigenvalue weighted by Crippen LogP contribution is 2.32. The van der Waals surface area contributed by atoms with E-state index in [-0.39, 0.29) is 23.5 Å². The second-order valence-electron chi connectivity index (χ2n) is 5.21. The van der Waals surface area contributed by atoms with E-state index in [0.717, 1.165) is 6.42 Å². The fraction of sp³-hybridized carbons (Fsp3) is 0.692. The van der Waals surface area contributed by atoms with Gasteiger partial charge in [-0.25, -0.2) is 8.42 Å². The molecule has 0 aromatic rings. The van der Waals surface area contributed by atoms with Crippen LogP contribution >= 0.6 is 24.0 Å². The second-order valence-corrected chi connectivity index (χ2v) is 9.11. The van der Waals surface area contributed by atoms with Gasteiger partial charge in [-0.05, 0) is 19.8 Å². The van der Waals surface area contributed by atoms with Crippen LogP contribution in [-0.2, 0) is 14.6 Å². The minimum atomic E-state index is -2.93. The van der Waals surface area contributed by atoms with E-state index in [0.29, 0.717) is 28.7 Å². The molecule has 2 saturated heterocycles. The molecule has 21 heavy (non-hydrogen) atoms. The summed E-state index contributed by atoms with van der Waals surface area (Å²) in [5.41, 5.74) is 0. The molecule has 0 aliphatic carbocycles. The van der Waals surface area contributed by atoms with E-state index in [1.54, 1.807) is 11.1 Å². The molecular weight excluding hydrogens is 328 g/mol. The third kappa shape index (κ3) is 3.78. The molecule has 0 N–H and O–H groups in total. The van der Waals surface area contributed by atoms with Crippen LogP contribution < -0.4 is 0 Å². The second kappa shape index (κ2) is 6.66. The highest BCUT2D eigenvalue weighted by atomic mass is 32.2. The Labute approximate surface area is 135 Å². The van der Waals surface area contributed by atoms with E-state index < -0.39 is 9.84 Å². The molecule has 2 rings (SSSR count). The summed E-state index contributed by atoms with van der Waals surface area (Å²) >= 11 is 6.54. The van der Waals surface area contributed by atoms with Crippen LogP contribution in [0.3, 0.4) is 0 Å². The molecule has 2 aliphatic heterocycles. The monoisotopic (exact) mass is 348 g/mol. The summed E-state index contributed by atoms with van der Waals surface area (Å²) in [6.07, 6.45) is 3.28. The number of carbonyl (C=O) groups is 1. The number of thiocarbonyl (C=S) groups is 1. The van der Waals surface area contributed by atoms with E-state index in [1.807, 2.05) is 18.7 Å². The number of carbonyl (C=O) groups excluding carboxylic acids is 1. The van der Waals surface area contributed by atoms with Crippen molar-refractivity contribution in [2.75, 3.05) is 24.6 Å². The highest BCUT2D eigenvalue weighted by Gasteiger charge is 2.34. The third-order valence-electron chi connectivity index (χ3n) is 3.65. The lowest BCUT2D eigenvalue weighted by Crippen LogP contribution is -2.33. The van der Waals surface area contributed by atoms with Gasteiger partial charge in [0.25, 0.3) is 5.91 Å². The van der Waals surface area contributed by atoms with E-state index in [1.165, 1.54) is 11.8 Å². The van der Waals surface area contributed by atoms with Crippen LogP contribution in [0.5, 0.6) is 0 Å². The number of sulfone groups is 1. The Morgan fingerprint density at radius 2 is 2.19 bits per heavy atom. The highest BCUT2D eigenvalue weighted by molar-refractivity contribution is 8.26. The average Bonchev–Trinajstić information content (AvgIpc) is 2.90. The lowest BCUT2D eigenvalue weighted by Gasteiger charge is -2.25. The zero-order valence-corrected chi connectivity index (χ0v) is 14.7. The number of thioether (sulfide) groups is 1. The average molecular weight is 349 g/mol. The van der Waals surface area contributed by atoms with Gasteiger partial charge in [-0.3, -0.25) is 9.69 Å². The first kappa shape index (κ1) is 16.8. The van der Waals surface area contributed by atoms with Crippen molar-refractivity contribution < 1.29 is 13.2 Å². The van der Waals surface area contributed by atoms with E-state index >= 15 is 0 Å². The van der Waals surface area contributed by atoms with Crippen molar-refractivity contribution in [1.29, 1.82) is 0 Å². The summed E-state index contributed by atoms with van der Waals surface area (Å²) in [5.74, 6) is 0.344.